The summed E-state index contributed by atoms with van der Waals surface area (Å²) in [6, 6.07) is 4.29. The maximum atomic E-state index is 13.0. The van der Waals surface area contributed by atoms with E-state index in [0.717, 1.165) is 51.3 Å². The zero-order valence-corrected chi connectivity index (χ0v) is 14.5. The monoisotopic (exact) mass is 342 g/mol. The van der Waals surface area contributed by atoms with Gasteiger partial charge in [-0.3, -0.25) is 4.79 Å². The molecule has 5 nitrogen and oxygen atoms in total. The summed E-state index contributed by atoms with van der Waals surface area (Å²) in [5.74, 6) is 1.27. The predicted octanol–water partition coefficient (Wildman–Crippen LogP) is 3.12. The van der Waals surface area contributed by atoms with E-state index in [1.165, 1.54) is 5.56 Å². The SMILES string of the molecule is O=C(C1CCN(c2ncccn2)CC1)N1CCC[C@H]1c1ccsc1. The number of likely N-dealkylation sites (tertiary alicyclic amines) is 1. The molecule has 1 amide bonds. The highest BCUT2D eigenvalue weighted by molar-refractivity contribution is 7.07. The van der Waals surface area contributed by atoms with Crippen molar-refractivity contribution in [2.45, 2.75) is 31.7 Å². The van der Waals surface area contributed by atoms with Crippen LogP contribution in [0.2, 0.25) is 0 Å². The molecule has 0 bridgehead atoms. The number of nitrogens with zero attached hydrogens (tertiary/aromatic N) is 4. The van der Waals surface area contributed by atoms with Crippen LogP contribution in [-0.2, 0) is 4.79 Å². The summed E-state index contributed by atoms with van der Waals surface area (Å²) in [5, 5.41) is 4.29. The van der Waals surface area contributed by atoms with Crippen LogP contribution < -0.4 is 4.90 Å². The van der Waals surface area contributed by atoms with Crippen LogP contribution in [-0.4, -0.2) is 40.4 Å². The average Bonchev–Trinajstić information content (AvgIpc) is 3.33. The summed E-state index contributed by atoms with van der Waals surface area (Å²) >= 11 is 1.72. The fraction of sp³-hybridized carbons (Fsp3) is 0.500. The first-order valence-electron chi connectivity index (χ1n) is 8.67. The maximum absolute atomic E-state index is 13.0. The molecule has 2 aliphatic heterocycles. The van der Waals surface area contributed by atoms with Crippen molar-refractivity contribution < 1.29 is 4.79 Å². The Kier molecular flexibility index (Phi) is 4.47. The molecule has 126 valence electrons. The number of thiophene rings is 1. The van der Waals surface area contributed by atoms with Gasteiger partial charge in [0.05, 0.1) is 6.04 Å². The number of hydrogen-bond acceptors (Lipinski definition) is 5. The molecule has 24 heavy (non-hydrogen) atoms. The van der Waals surface area contributed by atoms with Gasteiger partial charge in [0.2, 0.25) is 11.9 Å². The van der Waals surface area contributed by atoms with E-state index in [1.54, 1.807) is 23.7 Å². The van der Waals surface area contributed by atoms with E-state index < -0.39 is 0 Å². The molecule has 0 aliphatic carbocycles. The van der Waals surface area contributed by atoms with Gasteiger partial charge in [-0.2, -0.15) is 11.3 Å². The average molecular weight is 342 g/mol. The lowest BCUT2D eigenvalue weighted by atomic mass is 9.94. The molecular formula is C18H22N4OS. The second kappa shape index (κ2) is 6.89. The minimum absolute atomic E-state index is 0.143. The van der Waals surface area contributed by atoms with E-state index in [-0.39, 0.29) is 5.92 Å². The molecule has 0 radical (unpaired) electrons. The van der Waals surface area contributed by atoms with Gasteiger partial charge in [-0.1, -0.05) is 0 Å². The molecular weight excluding hydrogens is 320 g/mol. The molecule has 0 unspecified atom stereocenters. The quantitative estimate of drug-likeness (QED) is 0.860. The lowest BCUT2D eigenvalue weighted by molar-refractivity contribution is -0.137. The number of piperidine rings is 1. The number of rotatable bonds is 3. The first kappa shape index (κ1) is 15.6. The molecule has 2 aromatic rings. The Labute approximate surface area is 146 Å². The summed E-state index contributed by atoms with van der Waals surface area (Å²) < 4.78 is 0. The number of carbonyl (C=O) groups is 1. The number of amides is 1. The fourth-order valence-corrected chi connectivity index (χ4v) is 4.56. The van der Waals surface area contributed by atoms with Gasteiger partial charge < -0.3 is 9.80 Å². The van der Waals surface area contributed by atoms with E-state index in [1.807, 2.05) is 6.07 Å². The van der Waals surface area contributed by atoms with Crippen molar-refractivity contribution in [3.05, 3.63) is 40.8 Å². The Balaban J connectivity index is 1.39. The van der Waals surface area contributed by atoms with Gasteiger partial charge in [0, 0.05) is 37.9 Å². The van der Waals surface area contributed by atoms with Crippen molar-refractivity contribution in [3.8, 4) is 0 Å². The third-order valence-corrected chi connectivity index (χ3v) is 5.84. The van der Waals surface area contributed by atoms with E-state index in [0.29, 0.717) is 11.9 Å². The highest BCUT2D eigenvalue weighted by Crippen LogP contribution is 2.35. The molecule has 2 fully saturated rings. The van der Waals surface area contributed by atoms with E-state index in [2.05, 4.69) is 36.6 Å². The van der Waals surface area contributed by atoms with Crippen molar-refractivity contribution in [2.75, 3.05) is 24.5 Å². The van der Waals surface area contributed by atoms with Crippen molar-refractivity contribution in [1.82, 2.24) is 14.9 Å². The van der Waals surface area contributed by atoms with Crippen LogP contribution in [0.4, 0.5) is 5.95 Å². The Bertz CT molecular complexity index is 668. The van der Waals surface area contributed by atoms with Crippen LogP contribution >= 0.6 is 11.3 Å². The zero-order chi connectivity index (χ0) is 16.4. The van der Waals surface area contributed by atoms with E-state index in [9.17, 15) is 4.79 Å². The van der Waals surface area contributed by atoms with E-state index >= 15 is 0 Å². The normalized spacial score (nSPS) is 22.1. The van der Waals surface area contributed by atoms with Crippen LogP contribution in [0.3, 0.4) is 0 Å². The summed E-state index contributed by atoms with van der Waals surface area (Å²) in [4.78, 5) is 26.0. The van der Waals surface area contributed by atoms with Gasteiger partial charge in [0.1, 0.15) is 0 Å². The highest BCUT2D eigenvalue weighted by Gasteiger charge is 2.35. The minimum atomic E-state index is 0.143. The number of anilines is 1. The van der Waals surface area contributed by atoms with Crippen LogP contribution in [0.25, 0.3) is 0 Å². The molecule has 1 atom stereocenters. The van der Waals surface area contributed by atoms with Crippen molar-refractivity contribution >= 4 is 23.2 Å². The number of hydrogen-bond donors (Lipinski definition) is 0. The standard InChI is InChI=1S/C18H22N4OS/c23-17(22-9-1-3-16(22)15-6-12-24-13-15)14-4-10-21(11-5-14)18-19-7-2-8-20-18/h2,6-8,12-14,16H,1,3-5,9-11H2/t16-/m0/s1. The summed E-state index contributed by atoms with van der Waals surface area (Å²) in [7, 11) is 0. The first-order chi connectivity index (χ1) is 11.8. The Hall–Kier alpha value is -1.95. The van der Waals surface area contributed by atoms with Gasteiger partial charge in [-0.15, -0.1) is 0 Å². The Morgan fingerprint density at radius 3 is 2.62 bits per heavy atom. The van der Waals surface area contributed by atoms with Crippen molar-refractivity contribution in [2.24, 2.45) is 5.92 Å². The molecule has 0 saturated carbocycles. The van der Waals surface area contributed by atoms with Gasteiger partial charge in [0.15, 0.2) is 0 Å². The van der Waals surface area contributed by atoms with Crippen LogP contribution in [0.5, 0.6) is 0 Å². The molecule has 6 heteroatoms. The topological polar surface area (TPSA) is 49.3 Å². The number of aromatic nitrogens is 2. The van der Waals surface area contributed by atoms with Gasteiger partial charge >= 0.3 is 0 Å². The second-order valence-corrected chi connectivity index (χ2v) is 7.34. The van der Waals surface area contributed by atoms with Crippen LogP contribution in [0, 0.1) is 5.92 Å². The largest absolute Gasteiger partial charge is 0.341 e. The Morgan fingerprint density at radius 2 is 1.92 bits per heavy atom. The minimum Gasteiger partial charge on any atom is -0.341 e. The molecule has 0 spiro atoms. The third-order valence-electron chi connectivity index (χ3n) is 5.14. The van der Waals surface area contributed by atoms with Crippen LogP contribution in [0.1, 0.15) is 37.3 Å². The molecule has 0 N–H and O–H groups in total. The molecule has 0 aromatic carbocycles. The molecule has 4 rings (SSSR count). The van der Waals surface area contributed by atoms with E-state index in [4.69, 9.17) is 0 Å². The lowest BCUT2D eigenvalue weighted by Gasteiger charge is -2.34. The van der Waals surface area contributed by atoms with Crippen LogP contribution in [0.15, 0.2) is 35.3 Å². The summed E-state index contributed by atoms with van der Waals surface area (Å²) in [6.45, 7) is 2.62. The smallest absolute Gasteiger partial charge is 0.226 e. The number of carbonyl (C=O) groups excluding carboxylic acids is 1. The van der Waals surface area contributed by atoms with Gasteiger partial charge in [-0.25, -0.2) is 9.97 Å². The molecule has 2 aromatic heterocycles. The van der Waals surface area contributed by atoms with Crippen molar-refractivity contribution in [3.63, 3.8) is 0 Å². The van der Waals surface area contributed by atoms with Gasteiger partial charge in [0.25, 0.3) is 0 Å². The molecule has 2 aliphatic rings. The highest BCUT2D eigenvalue weighted by atomic mass is 32.1. The maximum Gasteiger partial charge on any atom is 0.226 e. The molecule has 2 saturated heterocycles. The summed E-state index contributed by atoms with van der Waals surface area (Å²) in [5.41, 5.74) is 1.31. The molecule has 4 heterocycles. The fourth-order valence-electron chi connectivity index (χ4n) is 3.86. The summed E-state index contributed by atoms with van der Waals surface area (Å²) in [6.07, 6.45) is 7.54. The first-order valence-corrected chi connectivity index (χ1v) is 9.62. The zero-order valence-electron chi connectivity index (χ0n) is 13.7. The predicted molar refractivity (Wildman–Crippen MR) is 95.0 cm³/mol. The Morgan fingerprint density at radius 1 is 1.12 bits per heavy atom. The third kappa shape index (κ3) is 3.02. The lowest BCUT2D eigenvalue weighted by Crippen LogP contribution is -2.42. The second-order valence-electron chi connectivity index (χ2n) is 6.56. The van der Waals surface area contributed by atoms with Gasteiger partial charge in [-0.05, 0) is 54.1 Å². The van der Waals surface area contributed by atoms with Crippen molar-refractivity contribution in [1.29, 1.82) is 0 Å².